The molecule has 2 aromatic heterocycles. The molecule has 0 aliphatic carbocycles. The Labute approximate surface area is 168 Å². The summed E-state index contributed by atoms with van der Waals surface area (Å²) in [4.78, 5) is 27.8. The lowest BCUT2D eigenvalue weighted by Gasteiger charge is -2.18. The third-order valence-corrected chi connectivity index (χ3v) is 4.29. The lowest BCUT2D eigenvalue weighted by molar-refractivity contribution is -0.123. The number of benzene rings is 1. The molecule has 1 aromatic carbocycles. The molecule has 0 spiro atoms. The highest BCUT2D eigenvalue weighted by molar-refractivity contribution is 5.84. The van der Waals surface area contributed by atoms with Crippen molar-refractivity contribution >= 4 is 17.6 Å². The molecule has 150 valence electrons. The quantitative estimate of drug-likeness (QED) is 0.395. The van der Waals surface area contributed by atoms with Gasteiger partial charge < -0.3 is 5.73 Å². The zero-order valence-electron chi connectivity index (χ0n) is 16.0. The zero-order valence-corrected chi connectivity index (χ0v) is 16.0. The highest BCUT2D eigenvalue weighted by atomic mass is 16.2. The van der Waals surface area contributed by atoms with Crippen molar-refractivity contribution in [3.8, 4) is 11.3 Å². The van der Waals surface area contributed by atoms with Crippen molar-refractivity contribution in [1.82, 2.24) is 25.5 Å². The number of primary amides is 1. The number of aromatic nitrogens is 3. The number of hydrazine groups is 1. The molecule has 9 heteroatoms. The number of hydrogen-bond donors (Lipinski definition) is 4. The molecule has 9 nitrogen and oxygen atoms in total. The van der Waals surface area contributed by atoms with E-state index in [1.165, 1.54) is 0 Å². The van der Waals surface area contributed by atoms with Crippen molar-refractivity contribution in [1.29, 1.82) is 0 Å². The van der Waals surface area contributed by atoms with Crippen LogP contribution in [-0.2, 0) is 23.1 Å². The van der Waals surface area contributed by atoms with Gasteiger partial charge in [-0.15, -0.1) is 0 Å². The van der Waals surface area contributed by atoms with Gasteiger partial charge in [0.15, 0.2) is 0 Å². The SMILES string of the molecule is Cn1nc(-c2ccncc2)cc1NNC(=O)C(Cc1ccccc1)NCC(N)=O. The van der Waals surface area contributed by atoms with Crippen molar-refractivity contribution < 1.29 is 9.59 Å². The molecule has 1 atom stereocenters. The summed E-state index contributed by atoms with van der Waals surface area (Å²) < 4.78 is 1.62. The van der Waals surface area contributed by atoms with Gasteiger partial charge in [-0.05, 0) is 24.1 Å². The van der Waals surface area contributed by atoms with Gasteiger partial charge in [0, 0.05) is 31.1 Å². The molecule has 29 heavy (non-hydrogen) atoms. The second kappa shape index (κ2) is 9.47. The fourth-order valence-corrected chi connectivity index (χ4v) is 2.79. The fraction of sp³-hybridized carbons (Fsp3) is 0.200. The number of carbonyl (C=O) groups excluding carboxylic acids is 2. The Balaban J connectivity index is 1.66. The van der Waals surface area contributed by atoms with Crippen molar-refractivity contribution in [2.75, 3.05) is 12.0 Å². The first-order valence-electron chi connectivity index (χ1n) is 9.09. The van der Waals surface area contributed by atoms with E-state index in [2.05, 4.69) is 26.3 Å². The number of carbonyl (C=O) groups is 2. The van der Waals surface area contributed by atoms with E-state index in [1.54, 1.807) is 24.1 Å². The number of pyridine rings is 1. The number of anilines is 1. The molecule has 0 aliphatic heterocycles. The van der Waals surface area contributed by atoms with Gasteiger partial charge >= 0.3 is 0 Å². The van der Waals surface area contributed by atoms with Crippen LogP contribution in [0.1, 0.15) is 5.56 Å². The maximum absolute atomic E-state index is 12.7. The topological polar surface area (TPSA) is 127 Å². The van der Waals surface area contributed by atoms with Crippen molar-refractivity contribution in [3.05, 3.63) is 66.5 Å². The smallest absolute Gasteiger partial charge is 0.255 e. The van der Waals surface area contributed by atoms with Crippen molar-refractivity contribution in [2.24, 2.45) is 12.8 Å². The Morgan fingerprint density at radius 1 is 1.14 bits per heavy atom. The van der Waals surface area contributed by atoms with E-state index in [1.807, 2.05) is 48.5 Å². The van der Waals surface area contributed by atoms with Crippen LogP contribution in [0, 0.1) is 0 Å². The summed E-state index contributed by atoms with van der Waals surface area (Å²) in [7, 11) is 1.77. The van der Waals surface area contributed by atoms with Gasteiger partial charge in [-0.1, -0.05) is 30.3 Å². The van der Waals surface area contributed by atoms with Crippen molar-refractivity contribution in [3.63, 3.8) is 0 Å². The molecule has 2 amide bonds. The standard InChI is InChI=1S/C20H23N7O2/c1-27-19(12-16(26-27)15-7-9-22-10-8-15)24-25-20(29)17(23-13-18(21)28)11-14-5-3-2-4-6-14/h2-10,12,17,23-24H,11,13H2,1H3,(H2,21,28)(H,25,29). The van der Waals surface area contributed by atoms with E-state index in [4.69, 9.17) is 5.73 Å². The molecular formula is C20H23N7O2. The van der Waals surface area contributed by atoms with Crippen LogP contribution in [0.2, 0.25) is 0 Å². The van der Waals surface area contributed by atoms with E-state index >= 15 is 0 Å². The maximum atomic E-state index is 12.7. The first kappa shape index (κ1) is 20.0. The van der Waals surface area contributed by atoms with E-state index in [0.717, 1.165) is 16.8 Å². The summed E-state index contributed by atoms with van der Waals surface area (Å²) >= 11 is 0. The van der Waals surface area contributed by atoms with Gasteiger partial charge in [-0.25, -0.2) is 0 Å². The summed E-state index contributed by atoms with van der Waals surface area (Å²) in [6, 6.07) is 14.4. The van der Waals surface area contributed by atoms with Crippen LogP contribution in [0.15, 0.2) is 60.9 Å². The Hall–Kier alpha value is -3.72. The first-order chi connectivity index (χ1) is 14.0. The Bertz CT molecular complexity index is 957. The number of rotatable bonds is 9. The third kappa shape index (κ3) is 5.63. The minimum atomic E-state index is -0.634. The highest BCUT2D eigenvalue weighted by Crippen LogP contribution is 2.19. The summed E-state index contributed by atoms with van der Waals surface area (Å²) in [5.41, 5.74) is 13.4. The Morgan fingerprint density at radius 3 is 2.55 bits per heavy atom. The van der Waals surface area contributed by atoms with Gasteiger partial charge in [0.1, 0.15) is 5.82 Å². The summed E-state index contributed by atoms with van der Waals surface area (Å²) in [6.07, 6.45) is 3.80. The van der Waals surface area contributed by atoms with Gasteiger partial charge in [-0.3, -0.25) is 35.4 Å². The average Bonchev–Trinajstić information content (AvgIpc) is 3.11. The van der Waals surface area contributed by atoms with Crippen LogP contribution in [0.3, 0.4) is 0 Å². The number of hydrogen-bond acceptors (Lipinski definition) is 6. The van der Waals surface area contributed by atoms with E-state index in [0.29, 0.717) is 12.2 Å². The molecule has 3 aromatic rings. The van der Waals surface area contributed by atoms with Crippen LogP contribution in [0.25, 0.3) is 11.3 Å². The highest BCUT2D eigenvalue weighted by Gasteiger charge is 2.19. The molecule has 1 unspecified atom stereocenters. The zero-order chi connectivity index (χ0) is 20.6. The van der Waals surface area contributed by atoms with Crippen LogP contribution in [0.5, 0.6) is 0 Å². The predicted molar refractivity (Wildman–Crippen MR) is 109 cm³/mol. The lowest BCUT2D eigenvalue weighted by atomic mass is 10.1. The molecule has 0 radical (unpaired) electrons. The first-order valence-corrected chi connectivity index (χ1v) is 9.09. The molecule has 0 fully saturated rings. The van der Waals surface area contributed by atoms with Gasteiger partial charge in [0.25, 0.3) is 5.91 Å². The molecule has 0 aliphatic rings. The summed E-state index contributed by atoms with van der Waals surface area (Å²) in [6.45, 7) is -0.0944. The molecule has 0 saturated carbocycles. The number of nitrogens with two attached hydrogens (primary N) is 1. The maximum Gasteiger partial charge on any atom is 0.255 e. The third-order valence-electron chi connectivity index (χ3n) is 4.29. The Morgan fingerprint density at radius 2 is 1.86 bits per heavy atom. The summed E-state index contributed by atoms with van der Waals surface area (Å²) in [5, 5.41) is 7.32. The molecule has 5 N–H and O–H groups in total. The molecule has 3 rings (SSSR count). The number of amides is 2. The molecule has 0 bridgehead atoms. The molecule has 2 heterocycles. The minimum Gasteiger partial charge on any atom is -0.369 e. The number of aryl methyl sites for hydroxylation is 1. The second-order valence-electron chi connectivity index (χ2n) is 6.48. The fourth-order valence-electron chi connectivity index (χ4n) is 2.79. The van der Waals surface area contributed by atoms with Gasteiger partial charge in [-0.2, -0.15) is 5.10 Å². The van der Waals surface area contributed by atoms with Crippen LogP contribution in [0.4, 0.5) is 5.82 Å². The molecule has 0 saturated heterocycles. The largest absolute Gasteiger partial charge is 0.369 e. The van der Waals surface area contributed by atoms with Gasteiger partial charge in [0.05, 0.1) is 18.3 Å². The Kier molecular flexibility index (Phi) is 6.54. The van der Waals surface area contributed by atoms with E-state index < -0.39 is 11.9 Å². The second-order valence-corrected chi connectivity index (χ2v) is 6.48. The van der Waals surface area contributed by atoms with Gasteiger partial charge in [0.2, 0.25) is 5.91 Å². The predicted octanol–water partition coefficient (Wildman–Crippen LogP) is 0.611. The lowest BCUT2D eigenvalue weighted by Crippen LogP contribution is -2.49. The van der Waals surface area contributed by atoms with Crippen LogP contribution in [-0.4, -0.2) is 39.2 Å². The van der Waals surface area contributed by atoms with E-state index in [9.17, 15) is 9.59 Å². The number of nitrogens with zero attached hydrogens (tertiary/aromatic N) is 3. The van der Waals surface area contributed by atoms with Crippen molar-refractivity contribution in [2.45, 2.75) is 12.5 Å². The minimum absolute atomic E-state index is 0.0944. The average molecular weight is 393 g/mol. The monoisotopic (exact) mass is 393 g/mol. The molecular weight excluding hydrogens is 370 g/mol. The normalized spacial score (nSPS) is 11.6. The van der Waals surface area contributed by atoms with Crippen LogP contribution < -0.4 is 21.9 Å². The van der Waals surface area contributed by atoms with E-state index in [-0.39, 0.29) is 12.5 Å². The van der Waals surface area contributed by atoms with Crippen LogP contribution >= 0.6 is 0 Å². The number of nitrogens with one attached hydrogen (secondary N) is 3. The summed E-state index contributed by atoms with van der Waals surface area (Å²) in [5.74, 6) is -0.238.